The molecule has 0 aliphatic carbocycles. The van der Waals surface area contributed by atoms with Gasteiger partial charge in [0.15, 0.2) is 0 Å². The molecular weight excluding hydrogens is 308 g/mol. The highest BCUT2D eigenvalue weighted by atomic mass is 79.9. The zero-order chi connectivity index (χ0) is 13.1. The third-order valence-corrected chi connectivity index (χ3v) is 4.03. The number of carbonyl (C=O) groups is 1. The quantitative estimate of drug-likeness (QED) is 0.916. The summed E-state index contributed by atoms with van der Waals surface area (Å²) in [5.74, 6) is -0.850. The molecule has 0 fully saturated rings. The molecule has 1 amide bonds. The Bertz CT molecular complexity index is 516. The Balaban J connectivity index is 2.94. The van der Waals surface area contributed by atoms with Crippen LogP contribution in [0.25, 0.3) is 0 Å². The second-order valence-electron chi connectivity index (χ2n) is 3.62. The standard InChI is InChI=1S/C10H13BrN2O3S/c1-3-7(2)10(14)13-17(15,16)9-4-8(11)5-12-6-9/h4-7H,3H2,1-2H3,(H,13,14). The molecule has 1 unspecified atom stereocenters. The van der Waals surface area contributed by atoms with E-state index in [4.69, 9.17) is 0 Å². The lowest BCUT2D eigenvalue weighted by molar-refractivity contribution is -0.122. The van der Waals surface area contributed by atoms with Gasteiger partial charge in [0.05, 0.1) is 0 Å². The molecular formula is C10H13BrN2O3S. The largest absolute Gasteiger partial charge is 0.274 e. The summed E-state index contributed by atoms with van der Waals surface area (Å²) in [6, 6.07) is 1.39. The summed E-state index contributed by atoms with van der Waals surface area (Å²) in [4.78, 5) is 15.2. The second kappa shape index (κ2) is 5.59. The zero-order valence-electron chi connectivity index (χ0n) is 9.47. The third-order valence-electron chi connectivity index (χ3n) is 2.29. The highest BCUT2D eigenvalue weighted by Crippen LogP contribution is 2.14. The lowest BCUT2D eigenvalue weighted by Crippen LogP contribution is -2.34. The van der Waals surface area contributed by atoms with E-state index in [2.05, 4.69) is 20.9 Å². The normalized spacial score (nSPS) is 13.1. The van der Waals surface area contributed by atoms with E-state index in [1.807, 2.05) is 11.6 Å². The topological polar surface area (TPSA) is 76.1 Å². The maximum atomic E-state index is 11.8. The van der Waals surface area contributed by atoms with Crippen molar-refractivity contribution in [2.24, 2.45) is 5.92 Å². The maximum Gasteiger partial charge on any atom is 0.265 e. The summed E-state index contributed by atoms with van der Waals surface area (Å²) < 4.78 is 26.2. The minimum Gasteiger partial charge on any atom is -0.274 e. The molecule has 0 spiro atoms. The van der Waals surface area contributed by atoms with Gasteiger partial charge < -0.3 is 0 Å². The number of halogens is 1. The number of hydrogen-bond donors (Lipinski definition) is 1. The van der Waals surface area contributed by atoms with Gasteiger partial charge in [-0.05, 0) is 28.4 Å². The number of aromatic nitrogens is 1. The van der Waals surface area contributed by atoms with Crippen LogP contribution in [0.5, 0.6) is 0 Å². The maximum absolute atomic E-state index is 11.8. The summed E-state index contributed by atoms with van der Waals surface area (Å²) in [6.45, 7) is 3.49. The fourth-order valence-electron chi connectivity index (χ4n) is 1.02. The molecule has 1 aromatic rings. The number of sulfonamides is 1. The van der Waals surface area contributed by atoms with Crippen LogP contribution in [-0.2, 0) is 14.8 Å². The first-order valence-corrected chi connectivity index (χ1v) is 7.31. The number of amides is 1. The van der Waals surface area contributed by atoms with Gasteiger partial charge >= 0.3 is 0 Å². The van der Waals surface area contributed by atoms with Crippen molar-refractivity contribution in [2.45, 2.75) is 25.2 Å². The van der Waals surface area contributed by atoms with E-state index in [-0.39, 0.29) is 10.8 Å². The highest BCUT2D eigenvalue weighted by molar-refractivity contribution is 9.10. The lowest BCUT2D eigenvalue weighted by Gasteiger charge is -2.10. The van der Waals surface area contributed by atoms with Crippen molar-refractivity contribution < 1.29 is 13.2 Å². The van der Waals surface area contributed by atoms with Crippen LogP contribution in [0.2, 0.25) is 0 Å². The van der Waals surface area contributed by atoms with Gasteiger partial charge in [-0.2, -0.15) is 0 Å². The molecule has 0 aromatic carbocycles. The SMILES string of the molecule is CCC(C)C(=O)NS(=O)(=O)c1cncc(Br)c1. The van der Waals surface area contributed by atoms with Crippen LogP contribution >= 0.6 is 15.9 Å². The Morgan fingerprint density at radius 3 is 2.71 bits per heavy atom. The van der Waals surface area contributed by atoms with Crippen molar-refractivity contribution in [2.75, 3.05) is 0 Å². The van der Waals surface area contributed by atoms with Crippen LogP contribution in [0.1, 0.15) is 20.3 Å². The predicted molar refractivity (Wildman–Crippen MR) is 66.7 cm³/mol. The first kappa shape index (κ1) is 14.1. The van der Waals surface area contributed by atoms with Crippen LogP contribution in [0.15, 0.2) is 27.8 Å². The minimum absolute atomic E-state index is 0.0384. The van der Waals surface area contributed by atoms with Gasteiger partial charge in [0, 0.05) is 22.8 Å². The average Bonchev–Trinajstić information content (AvgIpc) is 2.27. The van der Waals surface area contributed by atoms with E-state index < -0.39 is 15.9 Å². The molecule has 0 bridgehead atoms. The van der Waals surface area contributed by atoms with Crippen LogP contribution < -0.4 is 4.72 Å². The van der Waals surface area contributed by atoms with Crippen molar-refractivity contribution in [1.82, 2.24) is 9.71 Å². The molecule has 1 heterocycles. The Kier molecular flexibility index (Phi) is 4.64. The van der Waals surface area contributed by atoms with Crippen molar-refractivity contribution in [1.29, 1.82) is 0 Å². The molecule has 0 radical (unpaired) electrons. The van der Waals surface area contributed by atoms with Crippen molar-refractivity contribution in [3.63, 3.8) is 0 Å². The summed E-state index contributed by atoms with van der Waals surface area (Å²) >= 11 is 3.12. The average molecular weight is 321 g/mol. The molecule has 1 atom stereocenters. The Labute approximate surface area is 109 Å². The smallest absolute Gasteiger partial charge is 0.265 e. The van der Waals surface area contributed by atoms with E-state index in [9.17, 15) is 13.2 Å². The lowest BCUT2D eigenvalue weighted by atomic mass is 10.1. The molecule has 1 rings (SSSR count). The molecule has 0 aliphatic heterocycles. The van der Waals surface area contributed by atoms with E-state index >= 15 is 0 Å². The number of nitrogens with zero attached hydrogens (tertiary/aromatic N) is 1. The van der Waals surface area contributed by atoms with Crippen molar-refractivity contribution >= 4 is 31.9 Å². The molecule has 0 saturated carbocycles. The molecule has 17 heavy (non-hydrogen) atoms. The summed E-state index contributed by atoms with van der Waals surface area (Å²) in [6.07, 6.45) is 3.24. The number of hydrogen-bond acceptors (Lipinski definition) is 4. The van der Waals surface area contributed by atoms with Gasteiger partial charge in [-0.3, -0.25) is 9.78 Å². The van der Waals surface area contributed by atoms with Crippen molar-refractivity contribution in [3.05, 3.63) is 22.9 Å². The number of rotatable bonds is 4. The highest BCUT2D eigenvalue weighted by Gasteiger charge is 2.21. The predicted octanol–water partition coefficient (Wildman–Crippen LogP) is 1.70. The fourth-order valence-corrected chi connectivity index (χ4v) is 2.60. The van der Waals surface area contributed by atoms with E-state index in [1.54, 1.807) is 6.92 Å². The second-order valence-corrected chi connectivity index (χ2v) is 6.22. The van der Waals surface area contributed by atoms with Crippen LogP contribution in [-0.4, -0.2) is 19.3 Å². The molecule has 1 N–H and O–H groups in total. The van der Waals surface area contributed by atoms with E-state index in [1.165, 1.54) is 18.5 Å². The Morgan fingerprint density at radius 2 is 2.18 bits per heavy atom. The summed E-state index contributed by atoms with van der Waals surface area (Å²) in [7, 11) is -3.83. The summed E-state index contributed by atoms with van der Waals surface area (Å²) in [5, 5.41) is 0. The van der Waals surface area contributed by atoms with Crippen LogP contribution in [0.4, 0.5) is 0 Å². The fraction of sp³-hybridized carbons (Fsp3) is 0.400. The van der Waals surface area contributed by atoms with Crippen molar-refractivity contribution in [3.8, 4) is 0 Å². The van der Waals surface area contributed by atoms with Crippen LogP contribution in [0.3, 0.4) is 0 Å². The Hall–Kier alpha value is -0.950. The van der Waals surface area contributed by atoms with Gasteiger partial charge in [-0.25, -0.2) is 13.1 Å². The number of nitrogens with one attached hydrogen (secondary N) is 1. The minimum atomic E-state index is -3.83. The summed E-state index contributed by atoms with van der Waals surface area (Å²) in [5.41, 5.74) is 0. The molecule has 94 valence electrons. The number of pyridine rings is 1. The Morgan fingerprint density at radius 1 is 1.53 bits per heavy atom. The molecule has 0 saturated heterocycles. The monoisotopic (exact) mass is 320 g/mol. The zero-order valence-corrected chi connectivity index (χ0v) is 11.9. The molecule has 1 aromatic heterocycles. The van der Waals surface area contributed by atoms with Gasteiger partial charge in [0.1, 0.15) is 4.90 Å². The van der Waals surface area contributed by atoms with E-state index in [0.717, 1.165) is 0 Å². The van der Waals surface area contributed by atoms with Gasteiger partial charge in [-0.1, -0.05) is 13.8 Å². The molecule has 0 aliphatic rings. The van der Waals surface area contributed by atoms with Gasteiger partial charge in [0.25, 0.3) is 10.0 Å². The first-order chi connectivity index (χ1) is 7.86. The van der Waals surface area contributed by atoms with Gasteiger partial charge in [-0.15, -0.1) is 0 Å². The number of carbonyl (C=O) groups excluding carboxylic acids is 1. The van der Waals surface area contributed by atoms with E-state index in [0.29, 0.717) is 10.9 Å². The third kappa shape index (κ3) is 3.78. The molecule has 7 heteroatoms. The van der Waals surface area contributed by atoms with Crippen LogP contribution in [0, 0.1) is 5.92 Å². The van der Waals surface area contributed by atoms with Gasteiger partial charge in [0.2, 0.25) is 5.91 Å². The first-order valence-electron chi connectivity index (χ1n) is 5.04. The molecule has 5 nitrogen and oxygen atoms in total.